The maximum atomic E-state index is 12.5. The van der Waals surface area contributed by atoms with Gasteiger partial charge in [0.1, 0.15) is 0 Å². The molecular formula is C11H10F3NO4S. The number of hydrogen-bond acceptors (Lipinski definition) is 4. The average molecular weight is 309 g/mol. The normalized spacial score (nSPS) is 38.5. The van der Waals surface area contributed by atoms with Gasteiger partial charge in [-0.1, -0.05) is 12.2 Å². The number of fused-ring (bicyclic) bond motifs is 5. The van der Waals surface area contributed by atoms with E-state index in [9.17, 15) is 27.0 Å². The van der Waals surface area contributed by atoms with Gasteiger partial charge < -0.3 is 0 Å². The minimum absolute atomic E-state index is 0.00428. The van der Waals surface area contributed by atoms with Gasteiger partial charge in [0, 0.05) is 0 Å². The summed E-state index contributed by atoms with van der Waals surface area (Å²) in [4.78, 5) is 24.0. The van der Waals surface area contributed by atoms with Crippen molar-refractivity contribution < 1.29 is 31.3 Å². The number of alkyl halides is 3. The summed E-state index contributed by atoms with van der Waals surface area (Å²) in [6.45, 7) is 0. The Morgan fingerprint density at radius 1 is 1.20 bits per heavy atom. The molecule has 3 aliphatic rings. The van der Waals surface area contributed by atoms with Crippen molar-refractivity contribution in [1.29, 1.82) is 0 Å². The lowest BCUT2D eigenvalue weighted by molar-refractivity contribution is -0.168. The Morgan fingerprint density at radius 2 is 1.65 bits per heavy atom. The van der Waals surface area contributed by atoms with Crippen LogP contribution in [0.2, 0.25) is 0 Å². The van der Waals surface area contributed by atoms with Gasteiger partial charge in [-0.05, 0) is 24.1 Å². The molecule has 3 rings (SSSR count). The lowest BCUT2D eigenvalue weighted by Crippen LogP contribution is -2.39. The number of carbonyl (C=O) groups is 2. The van der Waals surface area contributed by atoms with Crippen molar-refractivity contribution in [2.75, 3.05) is 0 Å². The van der Waals surface area contributed by atoms with Gasteiger partial charge in [-0.2, -0.15) is 17.5 Å². The minimum Gasteiger partial charge on any atom is -0.272 e. The van der Waals surface area contributed by atoms with Crippen molar-refractivity contribution in [1.82, 2.24) is 5.06 Å². The summed E-state index contributed by atoms with van der Waals surface area (Å²) in [5, 5.41) is 0.00428. The number of hydroxylamine groups is 2. The van der Waals surface area contributed by atoms with Crippen LogP contribution in [0.5, 0.6) is 0 Å². The number of carbonyl (C=O) groups excluding carboxylic acids is 2. The summed E-state index contributed by atoms with van der Waals surface area (Å²) in [7, 11) is -5.03. The summed E-state index contributed by atoms with van der Waals surface area (Å²) < 4.78 is 52.9. The van der Waals surface area contributed by atoms with Gasteiger partial charge in [0.25, 0.3) is 11.8 Å². The zero-order valence-corrected chi connectivity index (χ0v) is 10.8. The van der Waals surface area contributed by atoms with E-state index >= 15 is 0 Å². The van der Waals surface area contributed by atoms with Gasteiger partial charge in [-0.15, -0.1) is 5.06 Å². The molecule has 5 unspecified atom stereocenters. The predicted molar refractivity (Wildman–Crippen MR) is 62.0 cm³/mol. The highest BCUT2D eigenvalue weighted by Gasteiger charge is 2.61. The topological polar surface area (TPSA) is 63.7 Å². The molecular weight excluding hydrogens is 299 g/mol. The van der Waals surface area contributed by atoms with E-state index in [1.165, 1.54) is 0 Å². The van der Waals surface area contributed by atoms with Crippen LogP contribution in [0.15, 0.2) is 12.2 Å². The summed E-state index contributed by atoms with van der Waals surface area (Å²) in [6.07, 6.45) is 4.21. The molecule has 1 heterocycles. The quantitative estimate of drug-likeness (QED) is 0.431. The van der Waals surface area contributed by atoms with Gasteiger partial charge >= 0.3 is 5.51 Å². The van der Waals surface area contributed by atoms with Gasteiger partial charge in [-0.25, -0.2) is 4.21 Å². The Labute approximate surface area is 112 Å². The molecule has 0 radical (unpaired) electrons. The molecule has 0 spiro atoms. The van der Waals surface area contributed by atoms with Crippen molar-refractivity contribution in [3.05, 3.63) is 12.2 Å². The van der Waals surface area contributed by atoms with Crippen LogP contribution in [0.4, 0.5) is 13.2 Å². The van der Waals surface area contributed by atoms with Crippen molar-refractivity contribution in [3.8, 4) is 0 Å². The standard InChI is InChI=1S/C11H10F3NO4S/c1-20(18,11(12,13)14)19-15-9(16)7-5-2-3-6(4-5)8(7)10(15)17/h2-3,5-8H,1,4H2. The molecule has 9 heteroatoms. The maximum Gasteiger partial charge on any atom is 0.488 e. The van der Waals surface area contributed by atoms with E-state index in [0.717, 1.165) is 0 Å². The summed E-state index contributed by atoms with van der Waals surface area (Å²) in [5.74, 6) is -1.03. The van der Waals surface area contributed by atoms with E-state index in [1.807, 2.05) is 0 Å². The first kappa shape index (κ1) is 13.6. The van der Waals surface area contributed by atoms with Crippen LogP contribution >= 0.6 is 0 Å². The first-order chi connectivity index (χ1) is 9.13. The lowest BCUT2D eigenvalue weighted by atomic mass is 9.85. The first-order valence-corrected chi connectivity index (χ1v) is 7.48. The minimum atomic E-state index is -5.25. The van der Waals surface area contributed by atoms with E-state index in [2.05, 4.69) is 10.2 Å². The van der Waals surface area contributed by atoms with Gasteiger partial charge in [0.2, 0.25) is 0 Å². The fraction of sp³-hybridized carbons (Fsp3) is 0.545. The second-order valence-electron chi connectivity index (χ2n) is 5.11. The molecule has 0 N–H and O–H groups in total. The molecule has 2 bridgehead atoms. The highest BCUT2D eigenvalue weighted by atomic mass is 32.2. The Morgan fingerprint density at radius 3 is 2.05 bits per heavy atom. The zero-order chi connectivity index (χ0) is 14.9. The second-order valence-corrected chi connectivity index (χ2v) is 6.95. The van der Waals surface area contributed by atoms with Crippen molar-refractivity contribution in [3.63, 3.8) is 0 Å². The molecule has 1 saturated carbocycles. The van der Waals surface area contributed by atoms with Crippen LogP contribution in [-0.2, 0) is 23.7 Å². The lowest BCUT2D eigenvalue weighted by Gasteiger charge is -2.19. The van der Waals surface area contributed by atoms with Gasteiger partial charge in [0.15, 0.2) is 9.80 Å². The van der Waals surface area contributed by atoms with E-state index in [-0.39, 0.29) is 16.9 Å². The highest BCUT2D eigenvalue weighted by molar-refractivity contribution is 7.96. The molecule has 2 amide bonds. The number of allylic oxidation sites excluding steroid dienone is 2. The SMILES string of the molecule is C=S(=O)(ON1C(=O)C2C3C=CC(C3)C2C1=O)C(F)(F)F. The zero-order valence-electron chi connectivity index (χ0n) is 10.0. The molecule has 5 atom stereocenters. The molecule has 0 aromatic heterocycles. The fourth-order valence-electron chi connectivity index (χ4n) is 3.11. The highest BCUT2D eigenvalue weighted by Crippen LogP contribution is 2.52. The number of hydrogen-bond donors (Lipinski definition) is 0. The first-order valence-electron chi connectivity index (χ1n) is 5.82. The Hall–Kier alpha value is -1.35. The predicted octanol–water partition coefficient (Wildman–Crippen LogP) is 0.876. The van der Waals surface area contributed by atoms with E-state index < -0.39 is 39.0 Å². The van der Waals surface area contributed by atoms with Crippen molar-refractivity contribution in [2.24, 2.45) is 23.7 Å². The van der Waals surface area contributed by atoms with Crippen LogP contribution in [-0.4, -0.2) is 32.5 Å². The van der Waals surface area contributed by atoms with Crippen LogP contribution in [0.3, 0.4) is 0 Å². The van der Waals surface area contributed by atoms with E-state index in [0.29, 0.717) is 6.42 Å². The third-order valence-electron chi connectivity index (χ3n) is 3.98. The summed E-state index contributed by atoms with van der Waals surface area (Å²) in [5.41, 5.74) is -5.25. The number of nitrogens with zero attached hydrogens (tertiary/aromatic N) is 1. The van der Waals surface area contributed by atoms with Crippen LogP contribution in [0.25, 0.3) is 0 Å². The smallest absolute Gasteiger partial charge is 0.272 e. The molecule has 0 aromatic rings. The molecule has 20 heavy (non-hydrogen) atoms. The number of rotatable bonds is 2. The molecule has 1 saturated heterocycles. The third-order valence-corrected chi connectivity index (χ3v) is 5.07. The molecule has 2 aliphatic carbocycles. The number of imide groups is 1. The summed E-state index contributed by atoms with van der Waals surface area (Å²) >= 11 is 0. The van der Waals surface area contributed by atoms with Crippen molar-refractivity contribution in [2.45, 2.75) is 11.9 Å². The van der Waals surface area contributed by atoms with Crippen LogP contribution < -0.4 is 0 Å². The van der Waals surface area contributed by atoms with Gasteiger partial charge in [0.05, 0.1) is 11.8 Å². The Kier molecular flexibility index (Phi) is 2.62. The van der Waals surface area contributed by atoms with Crippen molar-refractivity contribution >= 4 is 27.5 Å². The fourth-order valence-corrected chi connectivity index (χ4v) is 3.58. The Bertz CT molecular complexity index is 594. The Balaban J connectivity index is 1.88. The number of amides is 2. The third kappa shape index (κ3) is 1.65. The molecule has 110 valence electrons. The van der Waals surface area contributed by atoms with Crippen LogP contribution in [0.1, 0.15) is 6.42 Å². The van der Waals surface area contributed by atoms with Crippen LogP contribution in [0, 0.1) is 23.7 Å². The van der Waals surface area contributed by atoms with Gasteiger partial charge in [-0.3, -0.25) is 9.59 Å². The van der Waals surface area contributed by atoms with E-state index in [4.69, 9.17) is 0 Å². The number of halogens is 3. The summed E-state index contributed by atoms with van der Waals surface area (Å²) in [6, 6.07) is 0. The molecule has 2 fully saturated rings. The maximum absolute atomic E-state index is 12.5. The largest absolute Gasteiger partial charge is 0.488 e. The second kappa shape index (κ2) is 3.85. The molecule has 0 aromatic carbocycles. The molecule has 5 nitrogen and oxygen atoms in total. The van der Waals surface area contributed by atoms with E-state index in [1.54, 1.807) is 12.2 Å². The molecule has 1 aliphatic heterocycles. The monoisotopic (exact) mass is 309 g/mol. The average Bonchev–Trinajstić information content (AvgIpc) is 2.97.